The number of carbonyl (C=O) groups excluding carboxylic acids is 1. The van der Waals surface area contributed by atoms with E-state index in [2.05, 4.69) is 16.1 Å². The molecule has 6 heteroatoms. The van der Waals surface area contributed by atoms with E-state index in [4.69, 9.17) is 11.5 Å². The second kappa shape index (κ2) is 7.89. The normalized spacial score (nSPS) is 8.79. The lowest BCUT2D eigenvalue weighted by Gasteiger charge is -2.04. The molecule has 0 heterocycles. The van der Waals surface area contributed by atoms with Crippen LogP contribution in [0.5, 0.6) is 0 Å². The third kappa shape index (κ3) is 8.36. The van der Waals surface area contributed by atoms with Crippen molar-refractivity contribution in [3.63, 3.8) is 0 Å². The fraction of sp³-hybridized carbons (Fsp3) is 0.500. The molecular formula is C8H12N2O4. The number of carboxylic acid groups (broad SMARTS) is 1. The Morgan fingerprint density at radius 2 is 2.21 bits per heavy atom. The molecule has 0 spiro atoms. The quantitative estimate of drug-likeness (QED) is 0.312. The Bertz CT molecular complexity index is 234. The molecule has 0 aliphatic carbocycles. The first-order valence-corrected chi connectivity index (χ1v) is 3.97. The standard InChI is InChI=1S/C8H12N2O4/c1-2-3-4-5-9-8(13)10-14-6-7(11)12/h1H,3-6H2,(H,11,12)(H2,9,10,13). The van der Waals surface area contributed by atoms with Gasteiger partial charge in [-0.2, -0.15) is 0 Å². The maximum atomic E-state index is 10.8. The van der Waals surface area contributed by atoms with Crippen molar-refractivity contribution in [2.24, 2.45) is 0 Å². The van der Waals surface area contributed by atoms with Gasteiger partial charge >= 0.3 is 12.0 Å². The van der Waals surface area contributed by atoms with Crippen molar-refractivity contribution in [2.45, 2.75) is 12.8 Å². The van der Waals surface area contributed by atoms with E-state index in [0.717, 1.165) is 0 Å². The van der Waals surface area contributed by atoms with Crippen LogP contribution in [0.2, 0.25) is 0 Å². The third-order valence-electron chi connectivity index (χ3n) is 1.14. The van der Waals surface area contributed by atoms with Gasteiger partial charge in [0.1, 0.15) is 0 Å². The van der Waals surface area contributed by atoms with Gasteiger partial charge in [0.15, 0.2) is 6.61 Å². The highest BCUT2D eigenvalue weighted by atomic mass is 16.7. The van der Waals surface area contributed by atoms with Crippen LogP contribution in [-0.2, 0) is 9.63 Å². The van der Waals surface area contributed by atoms with Crippen LogP contribution in [0.25, 0.3) is 0 Å². The summed E-state index contributed by atoms with van der Waals surface area (Å²) in [6.07, 6.45) is 6.24. The van der Waals surface area contributed by atoms with Crippen molar-refractivity contribution >= 4 is 12.0 Å². The van der Waals surface area contributed by atoms with Crippen molar-refractivity contribution in [1.29, 1.82) is 0 Å². The van der Waals surface area contributed by atoms with Crippen molar-refractivity contribution in [2.75, 3.05) is 13.2 Å². The molecule has 0 saturated heterocycles. The largest absolute Gasteiger partial charge is 0.479 e. The second-order valence-corrected chi connectivity index (χ2v) is 2.35. The SMILES string of the molecule is C#CCCCNC(=O)NOCC(=O)O. The van der Waals surface area contributed by atoms with Gasteiger partial charge in [0.05, 0.1) is 0 Å². The second-order valence-electron chi connectivity index (χ2n) is 2.35. The number of nitrogens with one attached hydrogen (secondary N) is 2. The molecule has 0 fully saturated rings. The molecule has 0 radical (unpaired) electrons. The predicted octanol–water partition coefficient (Wildman–Crippen LogP) is -0.285. The van der Waals surface area contributed by atoms with Crippen LogP contribution in [0.1, 0.15) is 12.8 Å². The van der Waals surface area contributed by atoms with E-state index in [9.17, 15) is 9.59 Å². The number of terminal acetylenes is 1. The van der Waals surface area contributed by atoms with Crippen LogP contribution < -0.4 is 10.8 Å². The Hall–Kier alpha value is -1.74. The van der Waals surface area contributed by atoms with Crippen LogP contribution in [0.3, 0.4) is 0 Å². The number of carbonyl (C=O) groups is 2. The molecular weight excluding hydrogens is 188 g/mol. The number of amides is 2. The number of hydrogen-bond donors (Lipinski definition) is 3. The lowest BCUT2D eigenvalue weighted by Crippen LogP contribution is -2.37. The van der Waals surface area contributed by atoms with Crippen molar-refractivity contribution in [1.82, 2.24) is 10.8 Å². The molecule has 0 aromatic rings. The summed E-state index contributed by atoms with van der Waals surface area (Å²) in [4.78, 5) is 25.1. The number of hydroxylamine groups is 1. The summed E-state index contributed by atoms with van der Waals surface area (Å²) in [5, 5.41) is 10.6. The van der Waals surface area contributed by atoms with E-state index in [0.29, 0.717) is 19.4 Å². The van der Waals surface area contributed by atoms with Crippen LogP contribution >= 0.6 is 0 Å². The number of carboxylic acids is 1. The smallest absolute Gasteiger partial charge is 0.338 e. The summed E-state index contributed by atoms with van der Waals surface area (Å²) in [5.41, 5.74) is 1.91. The summed E-state index contributed by atoms with van der Waals surface area (Å²) >= 11 is 0. The predicted molar refractivity (Wildman–Crippen MR) is 48.2 cm³/mol. The minimum atomic E-state index is -1.15. The molecule has 6 nitrogen and oxygen atoms in total. The molecule has 0 saturated carbocycles. The third-order valence-corrected chi connectivity index (χ3v) is 1.14. The molecule has 0 aromatic heterocycles. The molecule has 78 valence electrons. The van der Waals surface area contributed by atoms with Gasteiger partial charge < -0.3 is 10.4 Å². The zero-order chi connectivity index (χ0) is 10.8. The molecule has 0 aliphatic rings. The Kier molecular flexibility index (Phi) is 6.91. The number of urea groups is 1. The van der Waals surface area contributed by atoms with Gasteiger partial charge in [-0.05, 0) is 6.42 Å². The minimum Gasteiger partial charge on any atom is -0.479 e. The molecule has 0 bridgehead atoms. The first-order chi connectivity index (χ1) is 6.66. The van der Waals surface area contributed by atoms with Crippen molar-refractivity contribution in [3.8, 4) is 12.3 Å². The van der Waals surface area contributed by atoms with E-state index in [1.165, 1.54) is 0 Å². The van der Waals surface area contributed by atoms with Crippen LogP contribution in [0.15, 0.2) is 0 Å². The molecule has 0 atom stereocenters. The molecule has 0 unspecified atom stereocenters. The van der Waals surface area contributed by atoms with E-state index in [1.807, 2.05) is 5.48 Å². The summed E-state index contributed by atoms with van der Waals surface area (Å²) in [6, 6.07) is -0.580. The van der Waals surface area contributed by atoms with Gasteiger partial charge in [-0.1, -0.05) is 0 Å². The summed E-state index contributed by atoms with van der Waals surface area (Å²) in [7, 11) is 0. The maximum absolute atomic E-state index is 10.8. The van der Waals surface area contributed by atoms with Crippen LogP contribution in [-0.4, -0.2) is 30.3 Å². The lowest BCUT2D eigenvalue weighted by atomic mass is 10.3. The molecule has 3 N–H and O–H groups in total. The van der Waals surface area contributed by atoms with E-state index in [-0.39, 0.29) is 0 Å². The molecule has 14 heavy (non-hydrogen) atoms. The van der Waals surface area contributed by atoms with Gasteiger partial charge in [0, 0.05) is 13.0 Å². The lowest BCUT2D eigenvalue weighted by molar-refractivity contribution is -0.144. The minimum absolute atomic E-state index is 0.423. The van der Waals surface area contributed by atoms with Crippen molar-refractivity contribution in [3.05, 3.63) is 0 Å². The number of rotatable bonds is 6. The molecule has 0 aromatic carbocycles. The topological polar surface area (TPSA) is 87.7 Å². The van der Waals surface area contributed by atoms with Gasteiger partial charge in [0.2, 0.25) is 0 Å². The zero-order valence-electron chi connectivity index (χ0n) is 7.58. The Morgan fingerprint density at radius 1 is 1.50 bits per heavy atom. The maximum Gasteiger partial charge on any atom is 0.338 e. The zero-order valence-corrected chi connectivity index (χ0v) is 7.58. The summed E-state index contributed by atoms with van der Waals surface area (Å²) < 4.78 is 0. The Morgan fingerprint density at radius 3 is 2.79 bits per heavy atom. The number of hydrogen-bond acceptors (Lipinski definition) is 3. The van der Waals surface area contributed by atoms with Crippen LogP contribution in [0, 0.1) is 12.3 Å². The number of unbranched alkanes of at least 4 members (excludes halogenated alkanes) is 1. The fourth-order valence-corrected chi connectivity index (χ4v) is 0.592. The van der Waals surface area contributed by atoms with Crippen LogP contribution in [0.4, 0.5) is 4.79 Å². The molecule has 0 aliphatic heterocycles. The Balaban J connectivity index is 3.29. The number of aliphatic carboxylic acids is 1. The summed E-state index contributed by atoms with van der Waals surface area (Å²) in [6.45, 7) is -0.149. The summed E-state index contributed by atoms with van der Waals surface area (Å²) in [5.74, 6) is 1.26. The van der Waals surface area contributed by atoms with E-state index >= 15 is 0 Å². The van der Waals surface area contributed by atoms with Gasteiger partial charge in [-0.3, -0.25) is 4.84 Å². The van der Waals surface area contributed by atoms with Gasteiger partial charge in [-0.25, -0.2) is 15.1 Å². The highest BCUT2D eigenvalue weighted by molar-refractivity contribution is 5.73. The first-order valence-electron chi connectivity index (χ1n) is 3.97. The highest BCUT2D eigenvalue weighted by Gasteiger charge is 2.00. The highest BCUT2D eigenvalue weighted by Crippen LogP contribution is 1.82. The van der Waals surface area contributed by atoms with E-state index < -0.39 is 18.6 Å². The van der Waals surface area contributed by atoms with Gasteiger partial charge in [-0.15, -0.1) is 12.3 Å². The van der Waals surface area contributed by atoms with Gasteiger partial charge in [0.25, 0.3) is 0 Å². The monoisotopic (exact) mass is 200 g/mol. The first kappa shape index (κ1) is 12.3. The van der Waals surface area contributed by atoms with Crippen molar-refractivity contribution < 1.29 is 19.5 Å². The average molecular weight is 200 g/mol. The fourth-order valence-electron chi connectivity index (χ4n) is 0.592. The average Bonchev–Trinajstić information content (AvgIpc) is 2.12. The van der Waals surface area contributed by atoms with E-state index in [1.54, 1.807) is 0 Å². The molecule has 0 rings (SSSR count). The molecule has 2 amide bonds. The Labute approximate surface area is 81.6 Å².